The molecule has 28 heavy (non-hydrogen) atoms. The van der Waals surface area contributed by atoms with Gasteiger partial charge < -0.3 is 15.0 Å². The molecule has 1 N–H and O–H groups in total. The molecule has 1 heterocycles. The van der Waals surface area contributed by atoms with Gasteiger partial charge in [0.1, 0.15) is 0 Å². The molecule has 1 fully saturated rings. The number of hydrogen-bond donors (Lipinski definition) is 1. The summed E-state index contributed by atoms with van der Waals surface area (Å²) in [4.78, 5) is 38.5. The molecule has 6 nitrogen and oxygen atoms in total. The maximum absolute atomic E-state index is 12.4. The van der Waals surface area contributed by atoms with Gasteiger partial charge >= 0.3 is 5.97 Å². The maximum Gasteiger partial charge on any atom is 0.312 e. The highest BCUT2D eigenvalue weighted by atomic mass is 79.9. The molecule has 3 rings (SSSR count). The van der Waals surface area contributed by atoms with Crippen LogP contribution in [-0.2, 0) is 25.7 Å². The fraction of sp³-hybridized carbons (Fsp3) is 0.286. The molecule has 1 saturated heterocycles. The minimum Gasteiger partial charge on any atom is -0.452 e. The third-order valence-electron chi connectivity index (χ3n) is 4.54. The topological polar surface area (TPSA) is 75.7 Å². The number of nitrogens with one attached hydrogen (secondary N) is 1. The van der Waals surface area contributed by atoms with Crippen molar-refractivity contribution in [3.63, 3.8) is 0 Å². The van der Waals surface area contributed by atoms with Gasteiger partial charge in [0.25, 0.3) is 5.91 Å². The van der Waals surface area contributed by atoms with Gasteiger partial charge in [-0.1, -0.05) is 46.3 Å². The van der Waals surface area contributed by atoms with Crippen molar-refractivity contribution in [3.05, 3.63) is 64.6 Å². The van der Waals surface area contributed by atoms with Crippen molar-refractivity contribution >= 4 is 39.4 Å². The molecule has 2 aromatic rings. The molecule has 0 saturated carbocycles. The minimum atomic E-state index is -0.950. The van der Waals surface area contributed by atoms with Crippen LogP contribution in [0.2, 0.25) is 0 Å². The van der Waals surface area contributed by atoms with Gasteiger partial charge in [-0.3, -0.25) is 14.4 Å². The van der Waals surface area contributed by atoms with Crippen LogP contribution in [0, 0.1) is 5.92 Å². The number of amides is 2. The number of esters is 1. The minimum absolute atomic E-state index is 0.0854. The Morgan fingerprint density at radius 3 is 2.54 bits per heavy atom. The summed E-state index contributed by atoms with van der Waals surface area (Å²) in [5.41, 5.74) is 1.62. The van der Waals surface area contributed by atoms with Crippen molar-refractivity contribution in [2.45, 2.75) is 26.0 Å². The van der Waals surface area contributed by atoms with Crippen molar-refractivity contribution in [1.29, 1.82) is 0 Å². The first kappa shape index (κ1) is 20.1. The second kappa shape index (κ2) is 9.01. The monoisotopic (exact) mass is 444 g/mol. The Kier molecular flexibility index (Phi) is 6.46. The zero-order valence-electron chi connectivity index (χ0n) is 15.4. The molecular weight excluding hydrogens is 424 g/mol. The highest BCUT2D eigenvalue weighted by Crippen LogP contribution is 2.22. The SMILES string of the molecule is CC(OC(=O)C1CC(=O)N(Cc2ccccc2)C1)C(=O)Nc1ccc(Br)cc1. The van der Waals surface area contributed by atoms with E-state index in [1.165, 1.54) is 6.92 Å². The van der Waals surface area contributed by atoms with Gasteiger partial charge in [-0.25, -0.2) is 0 Å². The molecule has 0 radical (unpaired) electrons. The lowest BCUT2D eigenvalue weighted by molar-refractivity contribution is -0.157. The standard InChI is InChI=1S/C21H21BrN2O4/c1-14(20(26)23-18-9-7-17(22)8-10-18)28-21(27)16-11-19(25)24(13-16)12-15-5-3-2-4-6-15/h2-10,14,16H,11-13H2,1H3,(H,23,26). The normalized spacial score (nSPS) is 17.3. The Labute approximate surface area is 172 Å². The lowest BCUT2D eigenvalue weighted by Crippen LogP contribution is -2.33. The first-order chi connectivity index (χ1) is 13.4. The number of carbonyl (C=O) groups excluding carboxylic acids is 3. The van der Waals surface area contributed by atoms with Gasteiger partial charge in [-0.2, -0.15) is 0 Å². The molecule has 146 valence electrons. The molecule has 2 atom stereocenters. The predicted octanol–water partition coefficient (Wildman–Crippen LogP) is 3.37. The fourth-order valence-corrected chi connectivity index (χ4v) is 3.25. The molecule has 2 amide bonds. The third-order valence-corrected chi connectivity index (χ3v) is 5.07. The van der Waals surface area contributed by atoms with E-state index < -0.39 is 23.9 Å². The van der Waals surface area contributed by atoms with E-state index in [2.05, 4.69) is 21.2 Å². The van der Waals surface area contributed by atoms with Gasteiger partial charge in [0.15, 0.2) is 6.10 Å². The zero-order valence-corrected chi connectivity index (χ0v) is 17.0. The highest BCUT2D eigenvalue weighted by molar-refractivity contribution is 9.10. The molecule has 2 aromatic carbocycles. The average molecular weight is 445 g/mol. The fourth-order valence-electron chi connectivity index (χ4n) is 2.99. The van der Waals surface area contributed by atoms with Crippen molar-refractivity contribution < 1.29 is 19.1 Å². The molecule has 0 aliphatic carbocycles. The molecule has 0 bridgehead atoms. The summed E-state index contributed by atoms with van der Waals surface area (Å²) in [5, 5.41) is 2.70. The van der Waals surface area contributed by atoms with E-state index in [9.17, 15) is 14.4 Å². The van der Waals surface area contributed by atoms with Crippen LogP contribution in [-0.4, -0.2) is 35.3 Å². The van der Waals surface area contributed by atoms with Crippen LogP contribution in [0.5, 0.6) is 0 Å². The number of carbonyl (C=O) groups is 3. The molecule has 7 heteroatoms. The van der Waals surface area contributed by atoms with Gasteiger partial charge in [0.2, 0.25) is 5.91 Å². The first-order valence-electron chi connectivity index (χ1n) is 9.01. The van der Waals surface area contributed by atoms with E-state index in [0.717, 1.165) is 10.0 Å². The van der Waals surface area contributed by atoms with E-state index >= 15 is 0 Å². The van der Waals surface area contributed by atoms with Crippen LogP contribution < -0.4 is 5.32 Å². The molecular formula is C21H21BrN2O4. The smallest absolute Gasteiger partial charge is 0.312 e. The first-order valence-corrected chi connectivity index (χ1v) is 9.80. The molecule has 1 aliphatic rings. The maximum atomic E-state index is 12.4. The lowest BCUT2D eigenvalue weighted by Gasteiger charge is -2.18. The van der Waals surface area contributed by atoms with Gasteiger partial charge in [-0.15, -0.1) is 0 Å². The van der Waals surface area contributed by atoms with Crippen LogP contribution in [0.25, 0.3) is 0 Å². The summed E-state index contributed by atoms with van der Waals surface area (Å²) in [6.07, 6.45) is -0.846. The number of rotatable bonds is 6. The Morgan fingerprint density at radius 2 is 1.86 bits per heavy atom. The zero-order chi connectivity index (χ0) is 20.1. The summed E-state index contributed by atoms with van der Waals surface area (Å²) in [7, 11) is 0. The predicted molar refractivity (Wildman–Crippen MR) is 108 cm³/mol. The van der Waals surface area contributed by atoms with Gasteiger partial charge in [0.05, 0.1) is 5.92 Å². The van der Waals surface area contributed by atoms with Crippen LogP contribution in [0.3, 0.4) is 0 Å². The van der Waals surface area contributed by atoms with E-state index in [4.69, 9.17) is 4.74 Å². The molecule has 2 unspecified atom stereocenters. The molecule has 0 spiro atoms. The van der Waals surface area contributed by atoms with Crippen molar-refractivity contribution in [1.82, 2.24) is 4.90 Å². The highest BCUT2D eigenvalue weighted by Gasteiger charge is 2.36. The van der Waals surface area contributed by atoms with E-state index in [1.807, 2.05) is 30.3 Å². The molecule has 1 aliphatic heterocycles. The van der Waals surface area contributed by atoms with Gasteiger partial charge in [-0.05, 0) is 36.8 Å². The van der Waals surface area contributed by atoms with Crippen LogP contribution in [0.15, 0.2) is 59.1 Å². The number of likely N-dealkylation sites (tertiary alicyclic amines) is 1. The third kappa shape index (κ3) is 5.19. The Bertz CT molecular complexity index is 854. The quantitative estimate of drug-likeness (QED) is 0.692. The summed E-state index contributed by atoms with van der Waals surface area (Å²) >= 11 is 3.33. The van der Waals surface area contributed by atoms with Crippen LogP contribution in [0.4, 0.5) is 5.69 Å². The second-order valence-electron chi connectivity index (χ2n) is 6.74. The number of hydrogen-bond acceptors (Lipinski definition) is 4. The second-order valence-corrected chi connectivity index (χ2v) is 7.65. The summed E-state index contributed by atoms with van der Waals surface area (Å²) in [6, 6.07) is 16.7. The number of anilines is 1. The summed E-state index contributed by atoms with van der Waals surface area (Å²) in [6.45, 7) is 2.28. The Balaban J connectivity index is 1.51. The average Bonchev–Trinajstić information content (AvgIpc) is 3.05. The van der Waals surface area contributed by atoms with Crippen molar-refractivity contribution in [3.8, 4) is 0 Å². The van der Waals surface area contributed by atoms with E-state index in [-0.39, 0.29) is 12.3 Å². The number of nitrogens with zero attached hydrogens (tertiary/aromatic N) is 1. The Morgan fingerprint density at radius 1 is 1.18 bits per heavy atom. The van der Waals surface area contributed by atoms with E-state index in [0.29, 0.717) is 18.8 Å². The van der Waals surface area contributed by atoms with Crippen molar-refractivity contribution in [2.75, 3.05) is 11.9 Å². The lowest BCUT2D eigenvalue weighted by atomic mass is 10.1. The van der Waals surface area contributed by atoms with Gasteiger partial charge in [0, 0.05) is 29.7 Å². The number of ether oxygens (including phenoxy) is 1. The Hall–Kier alpha value is -2.67. The molecule has 0 aromatic heterocycles. The summed E-state index contributed by atoms with van der Waals surface area (Å²) in [5.74, 6) is -1.58. The van der Waals surface area contributed by atoms with E-state index in [1.54, 1.807) is 29.2 Å². The number of halogens is 1. The number of benzene rings is 2. The van der Waals surface area contributed by atoms with Crippen LogP contribution in [0.1, 0.15) is 18.9 Å². The van der Waals surface area contributed by atoms with Crippen LogP contribution >= 0.6 is 15.9 Å². The summed E-state index contributed by atoms with van der Waals surface area (Å²) < 4.78 is 6.20. The largest absolute Gasteiger partial charge is 0.452 e. The van der Waals surface area contributed by atoms with Crippen molar-refractivity contribution in [2.24, 2.45) is 5.92 Å².